The van der Waals surface area contributed by atoms with Crippen LogP contribution in [-0.4, -0.2) is 25.1 Å². The highest BCUT2D eigenvalue weighted by Gasteiger charge is 2.12. The monoisotopic (exact) mass is 420 g/mol. The van der Waals surface area contributed by atoms with Gasteiger partial charge >= 0.3 is 5.97 Å². The van der Waals surface area contributed by atoms with E-state index < -0.39 is 5.97 Å². The number of hydrogen-bond acceptors (Lipinski definition) is 6. The number of carbonyl (C=O) groups is 2. The van der Waals surface area contributed by atoms with E-state index >= 15 is 0 Å². The Morgan fingerprint density at radius 2 is 1.65 bits per heavy atom. The van der Waals surface area contributed by atoms with Crippen LogP contribution in [0.2, 0.25) is 0 Å². The zero-order valence-electron chi connectivity index (χ0n) is 17.2. The van der Waals surface area contributed by atoms with Gasteiger partial charge in [0.25, 0.3) is 5.91 Å². The molecule has 0 atom stereocenters. The fourth-order valence-corrected chi connectivity index (χ4v) is 2.64. The Hall–Kier alpha value is -4.00. The van der Waals surface area contributed by atoms with E-state index in [4.69, 9.17) is 19.9 Å². The highest BCUT2D eigenvalue weighted by Crippen LogP contribution is 2.24. The number of nitrogen functional groups attached to an aromatic ring is 1. The van der Waals surface area contributed by atoms with Gasteiger partial charge in [0.2, 0.25) is 0 Å². The third-order valence-electron chi connectivity index (χ3n) is 4.16. The number of nitrogens with two attached hydrogens (primary N) is 1. The van der Waals surface area contributed by atoms with Crippen molar-refractivity contribution in [1.82, 2.24) is 0 Å². The number of hydrogen-bond donors (Lipinski definition) is 2. The molecule has 0 aliphatic carbocycles. The molecule has 3 rings (SSSR count). The SMILES string of the molecule is CCCOC(=O)c1ccc(N)c(OCC(=O)Nc2ccc(Oc3ccccc3)cc2)c1. The fourth-order valence-electron chi connectivity index (χ4n) is 2.64. The minimum atomic E-state index is -0.464. The summed E-state index contributed by atoms with van der Waals surface area (Å²) in [6.07, 6.45) is 0.726. The van der Waals surface area contributed by atoms with E-state index in [1.807, 2.05) is 37.3 Å². The summed E-state index contributed by atoms with van der Waals surface area (Å²) in [5.41, 5.74) is 7.12. The Bertz CT molecular complexity index is 1020. The number of benzene rings is 3. The van der Waals surface area contributed by atoms with Gasteiger partial charge in [-0.15, -0.1) is 0 Å². The second-order valence-corrected chi connectivity index (χ2v) is 6.66. The average molecular weight is 420 g/mol. The van der Waals surface area contributed by atoms with Crippen molar-refractivity contribution in [3.05, 3.63) is 78.4 Å². The molecule has 160 valence electrons. The first kappa shape index (κ1) is 21.7. The lowest BCUT2D eigenvalue weighted by atomic mass is 10.2. The number of rotatable bonds is 9. The molecule has 0 aliphatic rings. The quantitative estimate of drug-likeness (QED) is 0.386. The number of amides is 1. The number of nitrogens with one attached hydrogen (secondary N) is 1. The van der Waals surface area contributed by atoms with Crippen LogP contribution >= 0.6 is 0 Å². The van der Waals surface area contributed by atoms with Crippen LogP contribution in [0.25, 0.3) is 0 Å². The predicted molar refractivity (Wildman–Crippen MR) is 119 cm³/mol. The van der Waals surface area contributed by atoms with Gasteiger partial charge < -0.3 is 25.3 Å². The first-order chi connectivity index (χ1) is 15.0. The van der Waals surface area contributed by atoms with Gasteiger partial charge in [-0.1, -0.05) is 25.1 Å². The van der Waals surface area contributed by atoms with Crippen molar-refractivity contribution in [3.8, 4) is 17.2 Å². The normalized spacial score (nSPS) is 10.2. The lowest BCUT2D eigenvalue weighted by Gasteiger charge is -2.11. The van der Waals surface area contributed by atoms with Gasteiger partial charge in [0.1, 0.15) is 17.2 Å². The van der Waals surface area contributed by atoms with Crippen molar-refractivity contribution >= 4 is 23.3 Å². The molecule has 3 aromatic carbocycles. The summed E-state index contributed by atoms with van der Waals surface area (Å²) in [5, 5.41) is 2.74. The molecular weight excluding hydrogens is 396 g/mol. The molecule has 0 saturated heterocycles. The van der Waals surface area contributed by atoms with Gasteiger partial charge in [-0.2, -0.15) is 0 Å². The van der Waals surface area contributed by atoms with E-state index in [9.17, 15) is 9.59 Å². The van der Waals surface area contributed by atoms with Crippen LogP contribution in [0, 0.1) is 0 Å². The molecule has 0 saturated carbocycles. The standard InChI is InChI=1S/C24H24N2O5/c1-2-14-29-24(28)17-8-13-21(25)22(15-17)30-16-23(27)26-18-9-11-20(12-10-18)31-19-6-4-3-5-7-19/h3-13,15H,2,14,16,25H2,1H3,(H,26,27). The summed E-state index contributed by atoms with van der Waals surface area (Å²) >= 11 is 0. The number of esters is 1. The van der Waals surface area contributed by atoms with E-state index in [2.05, 4.69) is 5.32 Å². The van der Waals surface area contributed by atoms with Crippen LogP contribution in [-0.2, 0) is 9.53 Å². The summed E-state index contributed by atoms with van der Waals surface area (Å²) in [4.78, 5) is 24.2. The molecule has 31 heavy (non-hydrogen) atoms. The Morgan fingerprint density at radius 1 is 0.935 bits per heavy atom. The van der Waals surface area contributed by atoms with Gasteiger partial charge in [-0.3, -0.25) is 4.79 Å². The molecule has 0 heterocycles. The Balaban J connectivity index is 1.53. The fraction of sp³-hybridized carbons (Fsp3) is 0.167. The molecule has 7 nitrogen and oxygen atoms in total. The maximum Gasteiger partial charge on any atom is 0.338 e. The number of anilines is 2. The van der Waals surface area contributed by atoms with Crippen LogP contribution in [0.4, 0.5) is 11.4 Å². The summed E-state index contributed by atoms with van der Waals surface area (Å²) in [6.45, 7) is 1.98. The lowest BCUT2D eigenvalue weighted by molar-refractivity contribution is -0.118. The molecule has 0 radical (unpaired) electrons. The Morgan fingerprint density at radius 3 is 2.35 bits per heavy atom. The maximum absolute atomic E-state index is 12.2. The minimum absolute atomic E-state index is 0.243. The smallest absolute Gasteiger partial charge is 0.338 e. The Kier molecular flexibility index (Phi) is 7.48. The molecule has 1 amide bonds. The molecular formula is C24H24N2O5. The molecule has 0 aromatic heterocycles. The van der Waals surface area contributed by atoms with Crippen molar-refractivity contribution in [3.63, 3.8) is 0 Å². The summed E-state index contributed by atoms with van der Waals surface area (Å²) in [7, 11) is 0. The number of para-hydroxylation sites is 1. The third kappa shape index (κ3) is 6.50. The van der Waals surface area contributed by atoms with Crippen LogP contribution in [0.5, 0.6) is 17.2 Å². The molecule has 0 aliphatic heterocycles. The van der Waals surface area contributed by atoms with Crippen molar-refractivity contribution in [2.24, 2.45) is 0 Å². The molecule has 3 aromatic rings. The van der Waals surface area contributed by atoms with Crippen LogP contribution in [0.1, 0.15) is 23.7 Å². The Labute approximate surface area is 180 Å². The summed E-state index contributed by atoms with van der Waals surface area (Å²) in [5.74, 6) is 0.794. The van der Waals surface area contributed by atoms with Crippen molar-refractivity contribution in [1.29, 1.82) is 0 Å². The van der Waals surface area contributed by atoms with Gasteiger partial charge in [0.05, 0.1) is 17.9 Å². The lowest BCUT2D eigenvalue weighted by Crippen LogP contribution is -2.20. The van der Waals surface area contributed by atoms with Crippen LogP contribution in [0.3, 0.4) is 0 Å². The van der Waals surface area contributed by atoms with E-state index in [1.165, 1.54) is 6.07 Å². The summed E-state index contributed by atoms with van der Waals surface area (Å²) in [6, 6.07) is 20.9. The van der Waals surface area contributed by atoms with Crippen molar-refractivity contribution in [2.45, 2.75) is 13.3 Å². The zero-order valence-corrected chi connectivity index (χ0v) is 17.2. The first-order valence-electron chi connectivity index (χ1n) is 9.87. The second-order valence-electron chi connectivity index (χ2n) is 6.66. The average Bonchev–Trinajstić information content (AvgIpc) is 2.79. The molecule has 3 N–H and O–H groups in total. The molecule has 0 fully saturated rings. The van der Waals surface area contributed by atoms with E-state index in [1.54, 1.807) is 36.4 Å². The zero-order chi connectivity index (χ0) is 22.1. The largest absolute Gasteiger partial charge is 0.482 e. The molecule has 0 unspecified atom stereocenters. The molecule has 7 heteroatoms. The maximum atomic E-state index is 12.2. The topological polar surface area (TPSA) is 99.9 Å². The van der Waals surface area contributed by atoms with Crippen LogP contribution in [0.15, 0.2) is 72.8 Å². The number of carbonyl (C=O) groups excluding carboxylic acids is 2. The number of ether oxygens (including phenoxy) is 3. The van der Waals surface area contributed by atoms with E-state index in [0.717, 1.165) is 12.2 Å². The highest BCUT2D eigenvalue weighted by atomic mass is 16.5. The van der Waals surface area contributed by atoms with Gasteiger partial charge in [0.15, 0.2) is 6.61 Å². The second kappa shape index (κ2) is 10.7. The van der Waals surface area contributed by atoms with E-state index in [0.29, 0.717) is 29.3 Å². The summed E-state index contributed by atoms with van der Waals surface area (Å²) < 4.78 is 16.3. The third-order valence-corrected chi connectivity index (χ3v) is 4.16. The van der Waals surface area contributed by atoms with Crippen LogP contribution < -0.4 is 20.5 Å². The highest BCUT2D eigenvalue weighted by molar-refractivity contribution is 5.92. The van der Waals surface area contributed by atoms with E-state index in [-0.39, 0.29) is 18.3 Å². The first-order valence-corrected chi connectivity index (χ1v) is 9.87. The molecule has 0 spiro atoms. The molecule has 0 bridgehead atoms. The van der Waals surface area contributed by atoms with Crippen molar-refractivity contribution < 1.29 is 23.8 Å². The van der Waals surface area contributed by atoms with Gasteiger partial charge in [-0.05, 0) is 61.0 Å². The van der Waals surface area contributed by atoms with Gasteiger partial charge in [0, 0.05) is 5.69 Å². The minimum Gasteiger partial charge on any atom is -0.482 e. The van der Waals surface area contributed by atoms with Gasteiger partial charge in [-0.25, -0.2) is 4.79 Å². The predicted octanol–water partition coefficient (Wildman–Crippen LogP) is 4.65. The van der Waals surface area contributed by atoms with Crippen molar-refractivity contribution in [2.75, 3.05) is 24.3 Å².